The summed E-state index contributed by atoms with van der Waals surface area (Å²) in [6.07, 6.45) is 0. The zero-order valence-corrected chi connectivity index (χ0v) is 25.1. The van der Waals surface area contributed by atoms with Crippen molar-refractivity contribution in [3.8, 4) is 45.0 Å². The van der Waals surface area contributed by atoms with Crippen LogP contribution in [-0.4, -0.2) is 15.0 Å². The minimum atomic E-state index is 0.548. The first-order valence-corrected chi connectivity index (χ1v) is 15.4. The molecular weight excluding hydrogens is 558 g/mol. The van der Waals surface area contributed by atoms with E-state index in [2.05, 4.69) is 110 Å². The Morgan fingerprint density at radius 1 is 0.391 bits per heavy atom. The van der Waals surface area contributed by atoms with Gasteiger partial charge in [-0.05, 0) is 67.6 Å². The minimum Gasteiger partial charge on any atom is -0.208 e. The van der Waals surface area contributed by atoms with Crippen molar-refractivity contribution < 1.29 is 0 Å². The molecule has 3 nitrogen and oxygen atoms in total. The van der Waals surface area contributed by atoms with Gasteiger partial charge in [-0.2, -0.15) is 0 Å². The van der Waals surface area contributed by atoms with Gasteiger partial charge in [0.2, 0.25) is 0 Å². The lowest BCUT2D eigenvalue weighted by molar-refractivity contribution is 1.04. The highest BCUT2D eigenvalue weighted by molar-refractivity contribution is 6.01. The Labute approximate surface area is 268 Å². The smallest absolute Gasteiger partial charge is 0.164 e. The predicted octanol–water partition coefficient (Wildman–Crippen LogP) is 10.9. The fraction of sp³-hybridized carbons (Fsp3) is 0. The normalized spacial score (nSPS) is 11.1. The third-order valence-electron chi connectivity index (χ3n) is 8.45. The Bertz CT molecular complexity index is 2210. The number of hydrogen-bond acceptors (Lipinski definition) is 3. The van der Waals surface area contributed by atoms with Gasteiger partial charge in [-0.15, -0.1) is 0 Å². The summed E-state index contributed by atoms with van der Waals surface area (Å²) in [6, 6.07) is 56.8. The Hall–Kier alpha value is -6.19. The quantitative estimate of drug-likeness (QED) is 0.194. The van der Waals surface area contributed by atoms with Crippen LogP contribution < -0.4 is 0 Å². The SMILES string of the molecule is C=C(c1cc(-c2cccc3ccccc23)cc(-c2cccc3ccccc23)c1)c1nc(-c2ccccc2)nc(-c2ccccc2)n1. The molecule has 3 heteroatoms. The lowest BCUT2D eigenvalue weighted by Crippen LogP contribution is -2.03. The van der Waals surface area contributed by atoms with E-state index in [-0.39, 0.29) is 0 Å². The molecule has 8 aromatic rings. The van der Waals surface area contributed by atoms with Crippen molar-refractivity contribution in [2.45, 2.75) is 0 Å². The molecule has 0 aliphatic rings. The molecule has 0 amide bonds. The van der Waals surface area contributed by atoms with Gasteiger partial charge in [0.15, 0.2) is 17.5 Å². The van der Waals surface area contributed by atoms with Crippen LogP contribution in [-0.2, 0) is 0 Å². The Morgan fingerprint density at radius 3 is 1.33 bits per heavy atom. The van der Waals surface area contributed by atoms with E-state index in [4.69, 9.17) is 15.0 Å². The zero-order chi connectivity index (χ0) is 30.9. The molecule has 0 aliphatic heterocycles. The summed E-state index contributed by atoms with van der Waals surface area (Å²) in [6.45, 7) is 4.61. The van der Waals surface area contributed by atoms with Gasteiger partial charge in [-0.3, -0.25) is 0 Å². The van der Waals surface area contributed by atoms with Crippen LogP contribution in [0.25, 0.3) is 72.1 Å². The van der Waals surface area contributed by atoms with Crippen molar-refractivity contribution >= 4 is 27.1 Å². The highest BCUT2D eigenvalue weighted by atomic mass is 15.0. The molecule has 46 heavy (non-hydrogen) atoms. The van der Waals surface area contributed by atoms with Crippen LogP contribution in [0.15, 0.2) is 170 Å². The topological polar surface area (TPSA) is 38.7 Å². The van der Waals surface area contributed by atoms with Crippen molar-refractivity contribution in [2.24, 2.45) is 0 Å². The summed E-state index contributed by atoms with van der Waals surface area (Å²) in [5.74, 6) is 1.78. The van der Waals surface area contributed by atoms with Gasteiger partial charge >= 0.3 is 0 Å². The van der Waals surface area contributed by atoms with Gasteiger partial charge in [0.1, 0.15) is 0 Å². The fourth-order valence-corrected chi connectivity index (χ4v) is 6.14. The first-order chi connectivity index (χ1) is 22.7. The Balaban J connectivity index is 1.35. The lowest BCUT2D eigenvalue weighted by atomic mass is 9.90. The molecule has 0 saturated carbocycles. The molecule has 0 N–H and O–H groups in total. The summed E-state index contributed by atoms with van der Waals surface area (Å²) in [5.41, 5.74) is 8.10. The first kappa shape index (κ1) is 27.4. The van der Waals surface area contributed by atoms with Gasteiger partial charge in [0.05, 0.1) is 0 Å². The number of benzene rings is 7. The number of rotatable bonds is 6. The van der Waals surface area contributed by atoms with Crippen LogP contribution in [0, 0.1) is 0 Å². The van der Waals surface area contributed by atoms with Crippen LogP contribution in [0.2, 0.25) is 0 Å². The second-order valence-corrected chi connectivity index (χ2v) is 11.4. The third-order valence-corrected chi connectivity index (χ3v) is 8.45. The summed E-state index contributed by atoms with van der Waals surface area (Å²) in [5, 5.41) is 4.81. The largest absolute Gasteiger partial charge is 0.208 e. The monoisotopic (exact) mass is 587 g/mol. The fourth-order valence-electron chi connectivity index (χ4n) is 6.14. The van der Waals surface area contributed by atoms with Crippen molar-refractivity contribution in [2.75, 3.05) is 0 Å². The number of hydrogen-bond donors (Lipinski definition) is 0. The standard InChI is InChI=1S/C43H29N3/c1-29(41-44-42(32-16-4-2-5-17-32)46-43(45-41)33-18-6-3-7-19-33)34-26-35(39-24-12-20-30-14-8-10-22-37(30)39)28-36(27-34)40-25-13-21-31-15-9-11-23-38(31)40/h2-28H,1H2. The van der Waals surface area contributed by atoms with E-state index in [0.29, 0.717) is 17.5 Å². The molecular formula is C43H29N3. The van der Waals surface area contributed by atoms with Crippen molar-refractivity contribution in [3.05, 3.63) is 182 Å². The van der Waals surface area contributed by atoms with E-state index in [1.54, 1.807) is 0 Å². The molecule has 1 heterocycles. The molecule has 7 aromatic carbocycles. The molecule has 1 aromatic heterocycles. The predicted molar refractivity (Wildman–Crippen MR) is 191 cm³/mol. The second-order valence-electron chi connectivity index (χ2n) is 11.4. The van der Waals surface area contributed by atoms with E-state index in [1.807, 2.05) is 60.7 Å². The van der Waals surface area contributed by atoms with Gasteiger partial charge in [0, 0.05) is 16.7 Å². The van der Waals surface area contributed by atoms with Crippen LogP contribution in [0.1, 0.15) is 11.4 Å². The van der Waals surface area contributed by atoms with E-state index in [0.717, 1.165) is 33.4 Å². The average molecular weight is 588 g/mol. The summed E-state index contributed by atoms with van der Waals surface area (Å²) >= 11 is 0. The maximum atomic E-state index is 4.99. The molecule has 0 fully saturated rings. The van der Waals surface area contributed by atoms with Crippen LogP contribution in [0.5, 0.6) is 0 Å². The number of fused-ring (bicyclic) bond motifs is 2. The van der Waals surface area contributed by atoms with Crippen molar-refractivity contribution in [1.82, 2.24) is 15.0 Å². The third kappa shape index (κ3) is 5.14. The molecule has 0 atom stereocenters. The van der Waals surface area contributed by atoms with E-state index in [9.17, 15) is 0 Å². The highest BCUT2D eigenvalue weighted by Crippen LogP contribution is 2.37. The number of nitrogens with zero attached hydrogens (tertiary/aromatic N) is 3. The molecule has 0 saturated heterocycles. The Kier molecular flexibility index (Phi) is 6.97. The zero-order valence-electron chi connectivity index (χ0n) is 25.1. The molecule has 8 rings (SSSR count). The van der Waals surface area contributed by atoms with Crippen molar-refractivity contribution in [1.29, 1.82) is 0 Å². The molecule has 0 spiro atoms. The van der Waals surface area contributed by atoms with Gasteiger partial charge in [-0.25, -0.2) is 15.0 Å². The van der Waals surface area contributed by atoms with E-state index in [1.165, 1.54) is 32.7 Å². The first-order valence-electron chi connectivity index (χ1n) is 15.4. The minimum absolute atomic E-state index is 0.548. The average Bonchev–Trinajstić information content (AvgIpc) is 3.14. The van der Waals surface area contributed by atoms with E-state index >= 15 is 0 Å². The molecule has 0 radical (unpaired) electrons. The van der Waals surface area contributed by atoms with Crippen LogP contribution >= 0.6 is 0 Å². The summed E-state index contributed by atoms with van der Waals surface area (Å²) < 4.78 is 0. The molecule has 0 unspecified atom stereocenters. The van der Waals surface area contributed by atoms with Gasteiger partial charge in [-0.1, -0.05) is 152 Å². The lowest BCUT2D eigenvalue weighted by Gasteiger charge is -2.15. The van der Waals surface area contributed by atoms with E-state index < -0.39 is 0 Å². The second kappa shape index (κ2) is 11.7. The van der Waals surface area contributed by atoms with Gasteiger partial charge < -0.3 is 0 Å². The molecule has 216 valence electrons. The Morgan fingerprint density at radius 2 is 0.826 bits per heavy atom. The van der Waals surface area contributed by atoms with Crippen molar-refractivity contribution in [3.63, 3.8) is 0 Å². The molecule has 0 bridgehead atoms. The summed E-state index contributed by atoms with van der Waals surface area (Å²) in [7, 11) is 0. The van der Waals surface area contributed by atoms with Crippen LogP contribution in [0.3, 0.4) is 0 Å². The van der Waals surface area contributed by atoms with Crippen LogP contribution in [0.4, 0.5) is 0 Å². The maximum absolute atomic E-state index is 4.99. The number of aromatic nitrogens is 3. The molecule has 0 aliphatic carbocycles. The summed E-state index contributed by atoms with van der Waals surface area (Å²) in [4.78, 5) is 14.9. The highest BCUT2D eigenvalue weighted by Gasteiger charge is 2.17. The maximum Gasteiger partial charge on any atom is 0.164 e. The van der Waals surface area contributed by atoms with Gasteiger partial charge in [0.25, 0.3) is 0 Å².